The van der Waals surface area contributed by atoms with E-state index in [0.717, 1.165) is 5.56 Å². The summed E-state index contributed by atoms with van der Waals surface area (Å²) >= 11 is 0. The maximum absolute atomic E-state index is 14.0. The summed E-state index contributed by atoms with van der Waals surface area (Å²) in [7, 11) is 4.22. The molecular formula is C39H60N6O9. The molecule has 1 aromatic carbocycles. The largest absolute Gasteiger partial charge is 0.467 e. The van der Waals surface area contributed by atoms with Crippen LogP contribution in [0.15, 0.2) is 30.3 Å². The Bertz CT molecular complexity index is 1490. The van der Waals surface area contributed by atoms with Crippen LogP contribution in [0, 0.1) is 11.8 Å². The van der Waals surface area contributed by atoms with Crippen molar-refractivity contribution < 1.29 is 43.4 Å². The minimum absolute atomic E-state index is 0.0228. The van der Waals surface area contributed by atoms with Gasteiger partial charge in [-0.1, -0.05) is 64.4 Å². The van der Waals surface area contributed by atoms with E-state index in [-0.39, 0.29) is 24.7 Å². The molecule has 2 aliphatic rings. The number of aliphatic hydroxyl groups is 1. The first-order chi connectivity index (χ1) is 25.5. The van der Waals surface area contributed by atoms with Crippen LogP contribution in [0.3, 0.4) is 0 Å². The number of likely N-dealkylation sites (N-methyl/N-ethyl adjacent to an activating group) is 2. The quantitative estimate of drug-likeness (QED) is 0.196. The predicted octanol–water partition coefficient (Wildman–Crippen LogP) is 1.11. The molecule has 1 aromatic rings. The minimum atomic E-state index is -1.22. The summed E-state index contributed by atoms with van der Waals surface area (Å²) in [6, 6.07) is 4.58. The van der Waals surface area contributed by atoms with Crippen LogP contribution >= 0.6 is 0 Å². The van der Waals surface area contributed by atoms with Gasteiger partial charge in [0.05, 0.1) is 13.7 Å². The number of carbonyl (C=O) groups is 7. The fraction of sp³-hybridized carbons (Fsp3) is 0.667. The van der Waals surface area contributed by atoms with Gasteiger partial charge in [0.25, 0.3) is 5.91 Å². The minimum Gasteiger partial charge on any atom is -0.467 e. The number of nitrogens with zero attached hydrogens (tertiary/aromatic N) is 4. The molecule has 2 saturated heterocycles. The van der Waals surface area contributed by atoms with Gasteiger partial charge in [-0.3, -0.25) is 28.8 Å². The average molecular weight is 757 g/mol. The van der Waals surface area contributed by atoms with Crippen LogP contribution in [-0.2, 0) is 44.7 Å². The van der Waals surface area contributed by atoms with Crippen molar-refractivity contribution in [2.75, 3.05) is 40.8 Å². The summed E-state index contributed by atoms with van der Waals surface area (Å²) in [6.45, 7) is 9.17. The molecule has 6 amide bonds. The van der Waals surface area contributed by atoms with Crippen molar-refractivity contribution in [1.82, 2.24) is 30.2 Å². The summed E-state index contributed by atoms with van der Waals surface area (Å²) in [4.78, 5) is 99.0. The zero-order valence-electron chi connectivity index (χ0n) is 33.1. The van der Waals surface area contributed by atoms with Crippen molar-refractivity contribution in [3.8, 4) is 0 Å². The number of ether oxygens (including phenoxy) is 1. The number of esters is 1. The molecule has 0 saturated carbocycles. The van der Waals surface area contributed by atoms with E-state index in [1.54, 1.807) is 6.92 Å². The lowest BCUT2D eigenvalue weighted by molar-refractivity contribution is -0.154. The molecular weight excluding hydrogens is 696 g/mol. The van der Waals surface area contributed by atoms with Crippen LogP contribution in [0.1, 0.15) is 78.7 Å². The van der Waals surface area contributed by atoms with Gasteiger partial charge in [0.1, 0.15) is 36.3 Å². The van der Waals surface area contributed by atoms with Crippen molar-refractivity contribution in [3.05, 3.63) is 35.9 Å². The van der Waals surface area contributed by atoms with Gasteiger partial charge in [-0.2, -0.15) is 0 Å². The second kappa shape index (κ2) is 20.2. The summed E-state index contributed by atoms with van der Waals surface area (Å²) in [5, 5.41) is 15.8. The number of likely N-dealkylation sites (tertiary alicyclic amines) is 2. The number of aliphatic hydroxyl groups excluding tert-OH is 1. The molecule has 15 heteroatoms. The number of benzene rings is 1. The third-order valence-electron chi connectivity index (χ3n) is 10.7. The normalized spacial score (nSPS) is 19.7. The monoisotopic (exact) mass is 756 g/mol. The lowest BCUT2D eigenvalue weighted by Gasteiger charge is -2.35. The number of nitrogens with one attached hydrogen (secondary N) is 2. The number of hydrogen-bond donors (Lipinski definition) is 3. The maximum atomic E-state index is 14.0. The molecule has 0 radical (unpaired) electrons. The highest BCUT2D eigenvalue weighted by Crippen LogP contribution is 2.24. The third kappa shape index (κ3) is 11.0. The molecule has 0 spiro atoms. The number of amides is 6. The number of carbonyl (C=O) groups excluding carboxylic acids is 7. The van der Waals surface area contributed by atoms with Crippen molar-refractivity contribution in [1.29, 1.82) is 0 Å². The van der Waals surface area contributed by atoms with E-state index in [1.165, 1.54) is 47.7 Å². The fourth-order valence-electron chi connectivity index (χ4n) is 7.07. The van der Waals surface area contributed by atoms with E-state index < -0.39 is 84.3 Å². The van der Waals surface area contributed by atoms with Crippen molar-refractivity contribution in [2.24, 2.45) is 11.8 Å². The summed E-state index contributed by atoms with van der Waals surface area (Å²) in [5.74, 6) is -3.90. The smallest absolute Gasteiger partial charge is 0.328 e. The Labute approximate surface area is 319 Å². The molecule has 2 aliphatic heterocycles. The first kappa shape index (κ1) is 43.9. The molecule has 3 N–H and O–H groups in total. The van der Waals surface area contributed by atoms with E-state index in [1.807, 2.05) is 51.1 Å². The van der Waals surface area contributed by atoms with Crippen LogP contribution in [0.5, 0.6) is 0 Å². The molecule has 300 valence electrons. The Morgan fingerprint density at radius 1 is 0.870 bits per heavy atom. The van der Waals surface area contributed by atoms with Gasteiger partial charge in [0, 0.05) is 33.6 Å². The van der Waals surface area contributed by atoms with Crippen LogP contribution in [-0.4, -0.2) is 143 Å². The molecule has 0 unspecified atom stereocenters. The zero-order valence-corrected chi connectivity index (χ0v) is 33.1. The SMILES string of the molecule is CC[C@H](C)[C@@H](O)C(=O)N1CCC[C@H]1C(=O)NCC(=O)N(C)[C@@H](CC(C)C)C(=O)N[C@@H](C)C(=O)N(C)[C@H](Cc1ccccc1)C(=O)N1CCC[C@H]1C(=O)OC. The predicted molar refractivity (Wildman–Crippen MR) is 200 cm³/mol. The first-order valence-electron chi connectivity index (χ1n) is 19.0. The Morgan fingerprint density at radius 2 is 1.46 bits per heavy atom. The van der Waals surface area contributed by atoms with Gasteiger partial charge < -0.3 is 40.1 Å². The molecule has 2 heterocycles. The summed E-state index contributed by atoms with van der Waals surface area (Å²) < 4.78 is 4.94. The molecule has 0 aliphatic carbocycles. The zero-order chi connectivity index (χ0) is 40.3. The second-order valence-corrected chi connectivity index (χ2v) is 15.0. The van der Waals surface area contributed by atoms with Gasteiger partial charge in [-0.05, 0) is 56.4 Å². The number of hydrogen-bond acceptors (Lipinski definition) is 9. The molecule has 54 heavy (non-hydrogen) atoms. The van der Waals surface area contributed by atoms with Gasteiger partial charge in [0.2, 0.25) is 29.5 Å². The summed E-state index contributed by atoms with van der Waals surface area (Å²) in [5.41, 5.74) is 0.807. The van der Waals surface area contributed by atoms with Gasteiger partial charge in [-0.15, -0.1) is 0 Å². The molecule has 0 bridgehead atoms. The van der Waals surface area contributed by atoms with Gasteiger partial charge in [0.15, 0.2) is 0 Å². The first-order valence-corrected chi connectivity index (χ1v) is 19.0. The highest BCUT2D eigenvalue weighted by atomic mass is 16.5. The van der Waals surface area contributed by atoms with Crippen molar-refractivity contribution in [2.45, 2.75) is 116 Å². The molecule has 7 atom stereocenters. The van der Waals surface area contributed by atoms with Crippen LogP contribution < -0.4 is 10.6 Å². The third-order valence-corrected chi connectivity index (χ3v) is 10.7. The molecule has 2 fully saturated rings. The second-order valence-electron chi connectivity index (χ2n) is 15.0. The Balaban J connectivity index is 1.70. The van der Waals surface area contributed by atoms with E-state index in [4.69, 9.17) is 4.74 Å². The summed E-state index contributed by atoms with van der Waals surface area (Å²) in [6.07, 6.45) is 1.86. The molecule has 0 aromatic heterocycles. The maximum Gasteiger partial charge on any atom is 0.328 e. The number of methoxy groups -OCH3 is 1. The average Bonchev–Trinajstić information content (AvgIpc) is 3.87. The van der Waals surface area contributed by atoms with E-state index in [2.05, 4.69) is 10.6 Å². The van der Waals surface area contributed by atoms with Gasteiger partial charge >= 0.3 is 5.97 Å². The fourth-order valence-corrected chi connectivity index (χ4v) is 7.07. The highest BCUT2D eigenvalue weighted by Gasteiger charge is 2.42. The Kier molecular flexibility index (Phi) is 16.4. The van der Waals surface area contributed by atoms with E-state index in [0.29, 0.717) is 45.2 Å². The lowest BCUT2D eigenvalue weighted by Crippen LogP contribution is -2.58. The molecule has 3 rings (SSSR count). The Hall–Kier alpha value is -4.53. The van der Waals surface area contributed by atoms with Crippen LogP contribution in [0.25, 0.3) is 0 Å². The van der Waals surface area contributed by atoms with Crippen LogP contribution in [0.4, 0.5) is 0 Å². The number of rotatable bonds is 17. The topological polar surface area (TPSA) is 186 Å². The van der Waals surface area contributed by atoms with Crippen molar-refractivity contribution >= 4 is 41.4 Å². The van der Waals surface area contributed by atoms with Gasteiger partial charge in [-0.25, -0.2) is 4.79 Å². The van der Waals surface area contributed by atoms with Crippen LogP contribution in [0.2, 0.25) is 0 Å². The Morgan fingerprint density at radius 3 is 2.04 bits per heavy atom. The van der Waals surface area contributed by atoms with E-state index >= 15 is 0 Å². The molecule has 15 nitrogen and oxygen atoms in total. The highest BCUT2D eigenvalue weighted by molar-refractivity contribution is 5.96. The lowest BCUT2D eigenvalue weighted by atomic mass is 10.0. The van der Waals surface area contributed by atoms with Crippen molar-refractivity contribution in [3.63, 3.8) is 0 Å². The standard InChI is InChI=1S/C39H60N6O9/c1-9-25(4)33(47)38(52)44-19-13-17-28(44)34(48)40-23-32(46)42(6)30(21-24(2)3)35(49)41-26(5)36(50)43(7)31(22-27-15-11-10-12-16-27)37(51)45-20-14-18-29(45)39(53)54-8/h10-12,15-16,24-26,28-31,33,47H,9,13-14,17-23H2,1-8H3,(H,40,48)(H,41,49)/t25-,26-,28-,29-,30-,31+,33+/m0/s1. The van der Waals surface area contributed by atoms with E-state index in [9.17, 15) is 38.7 Å².